The largest absolute Gasteiger partial charge is 0.392 e. The second-order valence-electron chi connectivity index (χ2n) is 4.67. The van der Waals surface area contributed by atoms with E-state index >= 15 is 0 Å². The minimum Gasteiger partial charge on any atom is -0.378 e. The van der Waals surface area contributed by atoms with Gasteiger partial charge in [0.05, 0.1) is 12.0 Å². The maximum atomic E-state index is 12.6. The highest BCUT2D eigenvalue weighted by Crippen LogP contribution is 2.37. The lowest BCUT2D eigenvalue weighted by molar-refractivity contribution is -0.181. The predicted octanol–water partition coefficient (Wildman–Crippen LogP) is 3.57. The average Bonchev–Trinajstić information content (AvgIpc) is 2.27. The molecule has 2 nitrogen and oxygen atoms in total. The molecular weight excluding hydrogens is 243 g/mol. The Morgan fingerprint density at radius 2 is 1.83 bits per heavy atom. The van der Waals surface area contributed by atoms with Crippen molar-refractivity contribution >= 4 is 5.69 Å². The van der Waals surface area contributed by atoms with E-state index in [0.717, 1.165) is 5.69 Å². The first-order valence-corrected chi connectivity index (χ1v) is 5.58. The number of ether oxygens (including phenoxy) is 1. The zero-order chi connectivity index (χ0) is 14.0. The van der Waals surface area contributed by atoms with E-state index in [1.165, 1.54) is 14.0 Å². The first-order chi connectivity index (χ1) is 8.18. The van der Waals surface area contributed by atoms with Crippen LogP contribution in [0.15, 0.2) is 24.3 Å². The van der Waals surface area contributed by atoms with Crippen molar-refractivity contribution in [1.82, 2.24) is 0 Å². The summed E-state index contributed by atoms with van der Waals surface area (Å²) in [6.45, 7) is 1.45. The molecule has 0 aliphatic rings. The van der Waals surface area contributed by atoms with Crippen LogP contribution in [0.3, 0.4) is 0 Å². The maximum absolute atomic E-state index is 12.6. The molecule has 0 radical (unpaired) electrons. The molecule has 0 heterocycles. The Morgan fingerprint density at radius 1 is 1.22 bits per heavy atom. The molecule has 0 saturated heterocycles. The summed E-state index contributed by atoms with van der Waals surface area (Å²) in [5.74, 6) is 0. The summed E-state index contributed by atoms with van der Waals surface area (Å²) in [4.78, 5) is 1.84. The molecule has 1 rings (SSSR count). The zero-order valence-electron chi connectivity index (χ0n) is 11.0. The molecule has 0 saturated carbocycles. The summed E-state index contributed by atoms with van der Waals surface area (Å²) in [6, 6.07) is 6.95. The Bertz CT molecular complexity index is 403. The number of nitrogens with zero attached hydrogens (tertiary/aromatic N) is 1. The standard InChI is InChI=1S/C13H18F3NO/c1-12(18-4,9-13(14,15)16)10-6-5-7-11(8-10)17(2)3/h5-8H,9H2,1-4H3. The smallest absolute Gasteiger partial charge is 0.378 e. The average molecular weight is 261 g/mol. The van der Waals surface area contributed by atoms with Crippen molar-refractivity contribution < 1.29 is 17.9 Å². The number of benzene rings is 1. The number of methoxy groups -OCH3 is 1. The normalized spacial score (nSPS) is 15.3. The van der Waals surface area contributed by atoms with Gasteiger partial charge in [-0.2, -0.15) is 13.2 Å². The van der Waals surface area contributed by atoms with E-state index in [1.54, 1.807) is 18.2 Å². The molecule has 18 heavy (non-hydrogen) atoms. The molecule has 102 valence electrons. The molecule has 1 aromatic rings. The van der Waals surface area contributed by atoms with E-state index in [2.05, 4.69) is 0 Å². The van der Waals surface area contributed by atoms with Gasteiger partial charge in [-0.1, -0.05) is 12.1 Å². The summed E-state index contributed by atoms with van der Waals surface area (Å²) in [6.07, 6.45) is -5.27. The molecule has 0 bridgehead atoms. The number of rotatable bonds is 4. The van der Waals surface area contributed by atoms with Crippen LogP contribution in [0.1, 0.15) is 18.9 Å². The quantitative estimate of drug-likeness (QED) is 0.821. The van der Waals surface area contributed by atoms with E-state index in [0.29, 0.717) is 5.56 Å². The van der Waals surface area contributed by atoms with Crippen molar-refractivity contribution in [2.45, 2.75) is 25.1 Å². The monoisotopic (exact) mass is 261 g/mol. The van der Waals surface area contributed by atoms with Crippen LogP contribution in [-0.2, 0) is 10.3 Å². The third kappa shape index (κ3) is 3.63. The molecule has 0 N–H and O–H groups in total. The molecule has 1 aromatic carbocycles. The Labute approximate surface area is 105 Å². The van der Waals surface area contributed by atoms with Gasteiger partial charge >= 0.3 is 6.18 Å². The van der Waals surface area contributed by atoms with Crippen molar-refractivity contribution in [2.24, 2.45) is 0 Å². The minimum atomic E-state index is -4.26. The number of halogens is 3. The van der Waals surface area contributed by atoms with Crippen LogP contribution in [0.4, 0.5) is 18.9 Å². The molecular formula is C13H18F3NO. The lowest BCUT2D eigenvalue weighted by Crippen LogP contribution is -2.31. The molecule has 1 unspecified atom stereocenters. The van der Waals surface area contributed by atoms with E-state index in [4.69, 9.17) is 4.74 Å². The molecule has 0 fully saturated rings. The van der Waals surface area contributed by atoms with E-state index < -0.39 is 18.2 Å². The lowest BCUT2D eigenvalue weighted by atomic mass is 9.91. The van der Waals surface area contributed by atoms with Crippen LogP contribution in [0.5, 0.6) is 0 Å². The first kappa shape index (κ1) is 14.8. The Balaban J connectivity index is 3.11. The fraction of sp³-hybridized carbons (Fsp3) is 0.538. The van der Waals surface area contributed by atoms with Crippen LogP contribution in [-0.4, -0.2) is 27.4 Å². The first-order valence-electron chi connectivity index (χ1n) is 5.58. The van der Waals surface area contributed by atoms with Crippen molar-refractivity contribution in [3.05, 3.63) is 29.8 Å². The van der Waals surface area contributed by atoms with Gasteiger partial charge in [-0.25, -0.2) is 0 Å². The molecule has 0 aliphatic heterocycles. The van der Waals surface area contributed by atoms with Crippen molar-refractivity contribution in [2.75, 3.05) is 26.1 Å². The molecule has 0 amide bonds. The highest BCUT2D eigenvalue weighted by molar-refractivity contribution is 5.48. The van der Waals surface area contributed by atoms with Gasteiger partial charge in [-0.3, -0.25) is 0 Å². The summed E-state index contributed by atoms with van der Waals surface area (Å²) < 4.78 is 42.9. The lowest BCUT2D eigenvalue weighted by Gasteiger charge is -2.30. The second-order valence-corrected chi connectivity index (χ2v) is 4.67. The molecule has 0 aliphatic carbocycles. The fourth-order valence-electron chi connectivity index (χ4n) is 1.79. The maximum Gasteiger partial charge on any atom is 0.392 e. The van der Waals surface area contributed by atoms with Crippen molar-refractivity contribution in [3.63, 3.8) is 0 Å². The molecule has 0 spiro atoms. The molecule has 1 atom stereocenters. The summed E-state index contributed by atoms with van der Waals surface area (Å²) in [7, 11) is 4.98. The zero-order valence-corrected chi connectivity index (χ0v) is 11.0. The Hall–Kier alpha value is -1.23. The van der Waals surface area contributed by atoms with Crippen molar-refractivity contribution in [1.29, 1.82) is 0 Å². The third-order valence-electron chi connectivity index (χ3n) is 2.96. The second kappa shape index (κ2) is 5.18. The van der Waals surface area contributed by atoms with E-state index in [-0.39, 0.29) is 0 Å². The molecule has 5 heteroatoms. The van der Waals surface area contributed by atoms with Gasteiger partial charge in [0.1, 0.15) is 0 Å². The highest BCUT2D eigenvalue weighted by atomic mass is 19.4. The van der Waals surface area contributed by atoms with Gasteiger partial charge < -0.3 is 9.64 Å². The summed E-state index contributed by atoms with van der Waals surface area (Å²) in [5, 5.41) is 0. The van der Waals surface area contributed by atoms with Crippen molar-refractivity contribution in [3.8, 4) is 0 Å². The van der Waals surface area contributed by atoms with Gasteiger partial charge in [-0.15, -0.1) is 0 Å². The Kier molecular flexibility index (Phi) is 4.27. The van der Waals surface area contributed by atoms with Crippen LogP contribution in [0.25, 0.3) is 0 Å². The summed E-state index contributed by atoms with van der Waals surface area (Å²) >= 11 is 0. The van der Waals surface area contributed by atoms with Crippen LogP contribution < -0.4 is 4.90 Å². The Morgan fingerprint density at radius 3 is 2.28 bits per heavy atom. The number of hydrogen-bond acceptors (Lipinski definition) is 2. The SMILES string of the molecule is COC(C)(CC(F)(F)F)c1cccc(N(C)C)c1. The van der Waals surface area contributed by atoms with Crippen LogP contribution >= 0.6 is 0 Å². The molecule has 0 aromatic heterocycles. The fourth-order valence-corrected chi connectivity index (χ4v) is 1.79. The van der Waals surface area contributed by atoms with Crippen LogP contribution in [0, 0.1) is 0 Å². The highest BCUT2D eigenvalue weighted by Gasteiger charge is 2.40. The summed E-state index contributed by atoms with van der Waals surface area (Å²) in [5.41, 5.74) is 0.0102. The van der Waals surface area contributed by atoms with Gasteiger partial charge in [-0.05, 0) is 24.6 Å². The third-order valence-corrected chi connectivity index (χ3v) is 2.96. The number of anilines is 1. The van der Waals surface area contributed by atoms with Gasteiger partial charge in [0.15, 0.2) is 0 Å². The van der Waals surface area contributed by atoms with Gasteiger partial charge in [0.2, 0.25) is 0 Å². The van der Waals surface area contributed by atoms with E-state index in [1.807, 2.05) is 25.1 Å². The van der Waals surface area contributed by atoms with Gasteiger partial charge in [0, 0.05) is 26.9 Å². The number of alkyl halides is 3. The van der Waals surface area contributed by atoms with Crippen LogP contribution in [0.2, 0.25) is 0 Å². The topological polar surface area (TPSA) is 12.5 Å². The number of hydrogen-bond donors (Lipinski definition) is 0. The predicted molar refractivity (Wildman–Crippen MR) is 65.8 cm³/mol. The van der Waals surface area contributed by atoms with E-state index in [9.17, 15) is 13.2 Å². The minimum absolute atomic E-state index is 0.522. The van der Waals surface area contributed by atoms with Gasteiger partial charge in [0.25, 0.3) is 0 Å².